The number of hydrogen-bond donors (Lipinski definition) is 2. The lowest BCUT2D eigenvalue weighted by Gasteiger charge is -2.36. The molecule has 0 saturated carbocycles. The summed E-state index contributed by atoms with van der Waals surface area (Å²) in [6.07, 6.45) is 5.38. The maximum absolute atomic E-state index is 13.9. The number of nitrogens with zero attached hydrogens (tertiary/aromatic N) is 4. The van der Waals surface area contributed by atoms with E-state index in [4.69, 9.17) is 17.3 Å². The summed E-state index contributed by atoms with van der Waals surface area (Å²) in [6.45, 7) is 6.19. The van der Waals surface area contributed by atoms with Crippen LogP contribution >= 0.6 is 11.6 Å². The number of nitrogens with one attached hydrogen (secondary N) is 1. The summed E-state index contributed by atoms with van der Waals surface area (Å²) in [4.78, 5) is 9.97. The van der Waals surface area contributed by atoms with Gasteiger partial charge in [-0.3, -0.25) is 0 Å². The van der Waals surface area contributed by atoms with E-state index in [-0.39, 0.29) is 17.8 Å². The summed E-state index contributed by atoms with van der Waals surface area (Å²) in [5.74, 6) is 0.434. The number of aromatic nitrogens is 3. The lowest BCUT2D eigenvalue weighted by atomic mass is 10.1. The molecule has 0 aliphatic carbocycles. The summed E-state index contributed by atoms with van der Waals surface area (Å²) in [6, 6.07) is 9.67. The van der Waals surface area contributed by atoms with Crippen molar-refractivity contribution in [1.82, 2.24) is 14.5 Å². The second-order valence-electron chi connectivity index (χ2n) is 6.40. The van der Waals surface area contributed by atoms with Gasteiger partial charge in [0.2, 0.25) is 5.95 Å². The monoisotopic (exact) mass is 396 g/mol. The molecule has 0 spiro atoms. The minimum atomic E-state index is -0.333. The van der Waals surface area contributed by atoms with E-state index >= 15 is 0 Å². The lowest BCUT2D eigenvalue weighted by Crippen LogP contribution is -2.35. The van der Waals surface area contributed by atoms with Gasteiger partial charge in [0.05, 0.1) is 28.2 Å². The molecule has 4 rings (SSSR count). The summed E-state index contributed by atoms with van der Waals surface area (Å²) < 4.78 is 15.8. The van der Waals surface area contributed by atoms with Crippen molar-refractivity contribution >= 4 is 41.0 Å². The number of benzene rings is 1. The Morgan fingerprint density at radius 3 is 2.86 bits per heavy atom. The van der Waals surface area contributed by atoms with Crippen LogP contribution in [0, 0.1) is 5.82 Å². The van der Waals surface area contributed by atoms with Crippen molar-refractivity contribution in [3.05, 3.63) is 77.6 Å². The van der Waals surface area contributed by atoms with Crippen molar-refractivity contribution in [2.24, 2.45) is 0 Å². The van der Waals surface area contributed by atoms with Crippen LogP contribution in [-0.4, -0.2) is 20.6 Å². The van der Waals surface area contributed by atoms with E-state index in [1.54, 1.807) is 24.4 Å². The predicted molar refractivity (Wildman–Crippen MR) is 111 cm³/mol. The average molecular weight is 397 g/mol. The third kappa shape index (κ3) is 3.20. The number of anilines is 3. The topological polar surface area (TPSA) is 72.0 Å². The first-order valence-electron chi connectivity index (χ1n) is 8.62. The van der Waals surface area contributed by atoms with Crippen LogP contribution in [0.15, 0.2) is 61.1 Å². The van der Waals surface area contributed by atoms with Gasteiger partial charge in [0, 0.05) is 24.3 Å². The molecule has 0 saturated heterocycles. The van der Waals surface area contributed by atoms with Crippen LogP contribution in [0.3, 0.4) is 0 Å². The van der Waals surface area contributed by atoms with Gasteiger partial charge < -0.3 is 20.5 Å². The van der Waals surface area contributed by atoms with Crippen molar-refractivity contribution in [2.45, 2.75) is 13.0 Å². The highest BCUT2D eigenvalue weighted by molar-refractivity contribution is 6.32. The van der Waals surface area contributed by atoms with Crippen LogP contribution in [-0.2, 0) is 0 Å². The van der Waals surface area contributed by atoms with E-state index in [0.717, 1.165) is 11.4 Å². The third-order valence-electron chi connectivity index (χ3n) is 4.49. The number of fused-ring (bicyclic) bond motifs is 1. The van der Waals surface area contributed by atoms with E-state index in [1.165, 1.54) is 12.1 Å². The molecule has 6 nitrogen and oxygen atoms in total. The van der Waals surface area contributed by atoms with Gasteiger partial charge in [-0.1, -0.05) is 24.2 Å². The number of halogens is 2. The van der Waals surface area contributed by atoms with Crippen molar-refractivity contribution in [1.29, 1.82) is 0 Å². The first-order valence-corrected chi connectivity index (χ1v) is 9.00. The molecule has 3 heterocycles. The molecule has 8 heteroatoms. The molecule has 0 radical (unpaired) electrons. The maximum Gasteiger partial charge on any atom is 0.221 e. The highest BCUT2D eigenvalue weighted by atomic mass is 35.5. The van der Waals surface area contributed by atoms with Gasteiger partial charge >= 0.3 is 0 Å². The lowest BCUT2D eigenvalue weighted by molar-refractivity contribution is 0.627. The normalized spacial score (nSPS) is 14.5. The number of hydrogen-bond acceptors (Lipinski definition) is 5. The number of nitrogen functional groups attached to an aromatic ring is 1. The molecule has 1 aliphatic rings. The smallest absolute Gasteiger partial charge is 0.221 e. The van der Waals surface area contributed by atoms with Crippen LogP contribution < -0.4 is 16.0 Å². The SMILES string of the molecule is C=C1c2c(Cl)ccn2C=C(C(C)Nc2ccnc(N)n2)N1c1cccc(F)c1. The molecule has 2 aromatic heterocycles. The van der Waals surface area contributed by atoms with Crippen LogP contribution in [0.4, 0.5) is 21.8 Å². The molecule has 1 aliphatic heterocycles. The van der Waals surface area contributed by atoms with Crippen LogP contribution in [0.25, 0.3) is 11.9 Å². The highest BCUT2D eigenvalue weighted by Gasteiger charge is 2.29. The van der Waals surface area contributed by atoms with Crippen LogP contribution in [0.5, 0.6) is 0 Å². The third-order valence-corrected chi connectivity index (χ3v) is 4.79. The average Bonchev–Trinajstić information content (AvgIpc) is 3.02. The molecule has 0 amide bonds. The zero-order valence-electron chi connectivity index (χ0n) is 15.1. The fraction of sp³-hybridized carbons (Fsp3) is 0.100. The van der Waals surface area contributed by atoms with Crippen molar-refractivity contribution in [3.63, 3.8) is 0 Å². The van der Waals surface area contributed by atoms with Gasteiger partial charge in [0.15, 0.2) is 0 Å². The molecule has 142 valence electrons. The Morgan fingerprint density at radius 2 is 2.11 bits per heavy atom. The van der Waals surface area contributed by atoms with Gasteiger partial charge in [0.1, 0.15) is 11.6 Å². The molecule has 1 unspecified atom stereocenters. The molecule has 1 aromatic carbocycles. The molecular weight excluding hydrogens is 379 g/mol. The van der Waals surface area contributed by atoms with E-state index in [1.807, 2.05) is 34.9 Å². The summed E-state index contributed by atoms with van der Waals surface area (Å²) in [5, 5.41) is 3.88. The predicted octanol–water partition coefficient (Wildman–Crippen LogP) is 4.44. The Hall–Kier alpha value is -3.32. The number of rotatable bonds is 4. The van der Waals surface area contributed by atoms with E-state index in [2.05, 4.69) is 21.9 Å². The van der Waals surface area contributed by atoms with Gasteiger partial charge in [0.25, 0.3) is 0 Å². The Kier molecular flexibility index (Phi) is 4.52. The maximum atomic E-state index is 13.9. The zero-order chi connectivity index (χ0) is 19.8. The van der Waals surface area contributed by atoms with Crippen molar-refractivity contribution in [2.75, 3.05) is 16.0 Å². The Bertz CT molecular complexity index is 1090. The fourth-order valence-corrected chi connectivity index (χ4v) is 3.52. The molecule has 28 heavy (non-hydrogen) atoms. The standard InChI is InChI=1S/C20H18ClFN6/c1-12(25-18-6-8-24-20(23)26-18)17-11-27-9-7-16(21)19(27)13(2)28(17)15-5-3-4-14(22)10-15/h3-12H,2H2,1H3,(H3,23,24,25,26). The van der Waals surface area contributed by atoms with Gasteiger partial charge in [-0.2, -0.15) is 4.98 Å². The Balaban J connectivity index is 1.78. The first-order chi connectivity index (χ1) is 13.4. The molecule has 1 atom stereocenters. The summed E-state index contributed by atoms with van der Waals surface area (Å²) in [7, 11) is 0. The Morgan fingerprint density at radius 1 is 1.29 bits per heavy atom. The second kappa shape index (κ2) is 7.01. The largest absolute Gasteiger partial charge is 0.368 e. The highest BCUT2D eigenvalue weighted by Crippen LogP contribution is 2.38. The van der Waals surface area contributed by atoms with Gasteiger partial charge in [-0.15, -0.1) is 0 Å². The molecular formula is C20H18ClFN6. The van der Waals surface area contributed by atoms with Crippen molar-refractivity contribution in [3.8, 4) is 0 Å². The molecule has 3 N–H and O–H groups in total. The minimum Gasteiger partial charge on any atom is -0.368 e. The summed E-state index contributed by atoms with van der Waals surface area (Å²) >= 11 is 6.35. The van der Waals surface area contributed by atoms with Crippen LogP contribution in [0.1, 0.15) is 12.6 Å². The zero-order valence-corrected chi connectivity index (χ0v) is 15.9. The van der Waals surface area contributed by atoms with E-state index in [0.29, 0.717) is 22.2 Å². The molecule has 0 fully saturated rings. The fourth-order valence-electron chi connectivity index (χ4n) is 3.25. The molecule has 3 aromatic rings. The minimum absolute atomic E-state index is 0.181. The summed E-state index contributed by atoms with van der Waals surface area (Å²) in [5.41, 5.74) is 8.57. The molecule has 0 bridgehead atoms. The van der Waals surface area contributed by atoms with Gasteiger partial charge in [-0.05, 0) is 37.3 Å². The quantitative estimate of drug-likeness (QED) is 0.682. The van der Waals surface area contributed by atoms with E-state index in [9.17, 15) is 4.39 Å². The van der Waals surface area contributed by atoms with Crippen LogP contribution in [0.2, 0.25) is 5.02 Å². The second-order valence-corrected chi connectivity index (χ2v) is 6.81. The van der Waals surface area contributed by atoms with E-state index < -0.39 is 0 Å². The van der Waals surface area contributed by atoms with Crippen molar-refractivity contribution < 1.29 is 4.39 Å². The van der Waals surface area contributed by atoms with Gasteiger partial charge in [-0.25, -0.2) is 9.37 Å². The number of nitrogens with two attached hydrogens (primary N) is 1. The first kappa shape index (κ1) is 18.1. The Labute approximate surface area is 166 Å².